The highest BCUT2D eigenvalue weighted by atomic mass is 32.2. The normalized spacial score (nSPS) is 20.8. The summed E-state index contributed by atoms with van der Waals surface area (Å²) < 4.78 is 40.1. The van der Waals surface area contributed by atoms with Gasteiger partial charge in [0.1, 0.15) is 10.7 Å². The second-order valence-corrected chi connectivity index (χ2v) is 6.69. The van der Waals surface area contributed by atoms with Gasteiger partial charge in [-0.25, -0.2) is 17.5 Å². The highest BCUT2D eigenvalue weighted by molar-refractivity contribution is 7.89. The Bertz CT molecular complexity index is 562. The molecule has 1 aliphatic rings. The van der Waals surface area contributed by atoms with Crippen LogP contribution in [0.4, 0.5) is 10.1 Å². The summed E-state index contributed by atoms with van der Waals surface area (Å²) in [6.07, 6.45) is 0.948. The summed E-state index contributed by atoms with van der Waals surface area (Å²) in [5.74, 6) is -0.548. The number of rotatable bonds is 4. The Hall–Kier alpha value is -1.18. The van der Waals surface area contributed by atoms with Crippen LogP contribution in [0.25, 0.3) is 0 Å². The first-order valence-electron chi connectivity index (χ1n) is 6.12. The summed E-state index contributed by atoms with van der Waals surface area (Å²) in [6, 6.07) is 3.58. The molecule has 0 spiro atoms. The number of halogens is 1. The van der Waals surface area contributed by atoms with Crippen LogP contribution < -0.4 is 10.5 Å². The second-order valence-electron chi connectivity index (χ2n) is 4.96. The number of hydrogen-bond donors (Lipinski definition) is 2. The van der Waals surface area contributed by atoms with Crippen molar-refractivity contribution in [2.75, 3.05) is 32.4 Å². The van der Waals surface area contributed by atoms with Gasteiger partial charge in [0.15, 0.2) is 0 Å². The summed E-state index contributed by atoms with van der Waals surface area (Å²) in [4.78, 5) is 1.79. The standard InChI is InChI=1S/C12H18FN3O2S/c1-16-5-4-9(8-16)7-15-19(17,18)12-3-2-10(14)6-11(12)13/h2-3,6,9,15H,4-5,7-8,14H2,1H3. The fraction of sp³-hybridized carbons (Fsp3) is 0.500. The van der Waals surface area contributed by atoms with E-state index in [9.17, 15) is 12.8 Å². The van der Waals surface area contributed by atoms with Crippen molar-refractivity contribution in [2.24, 2.45) is 5.92 Å². The molecule has 1 aromatic rings. The molecule has 5 nitrogen and oxygen atoms in total. The minimum absolute atomic E-state index is 0.203. The second kappa shape index (κ2) is 5.44. The van der Waals surface area contributed by atoms with E-state index in [0.29, 0.717) is 6.54 Å². The first kappa shape index (κ1) is 14.2. The van der Waals surface area contributed by atoms with Gasteiger partial charge >= 0.3 is 0 Å². The Morgan fingerprint density at radius 3 is 2.84 bits per heavy atom. The molecule has 1 atom stereocenters. The number of hydrogen-bond acceptors (Lipinski definition) is 4. The van der Waals surface area contributed by atoms with Crippen molar-refractivity contribution < 1.29 is 12.8 Å². The summed E-state index contributed by atoms with van der Waals surface area (Å²) in [5.41, 5.74) is 5.60. The van der Waals surface area contributed by atoms with Crippen LogP contribution in [0.1, 0.15) is 6.42 Å². The first-order chi connectivity index (χ1) is 8.88. The highest BCUT2D eigenvalue weighted by Crippen LogP contribution is 2.18. The molecule has 7 heteroatoms. The fourth-order valence-electron chi connectivity index (χ4n) is 2.23. The van der Waals surface area contributed by atoms with Gasteiger partial charge < -0.3 is 10.6 Å². The predicted molar refractivity (Wildman–Crippen MR) is 71.6 cm³/mol. The number of nitrogens with one attached hydrogen (secondary N) is 1. The van der Waals surface area contributed by atoms with Crippen LogP contribution >= 0.6 is 0 Å². The molecule has 1 aromatic carbocycles. The van der Waals surface area contributed by atoms with Crippen molar-refractivity contribution in [2.45, 2.75) is 11.3 Å². The minimum Gasteiger partial charge on any atom is -0.399 e. The van der Waals surface area contributed by atoms with Crippen molar-refractivity contribution in [3.8, 4) is 0 Å². The van der Waals surface area contributed by atoms with Gasteiger partial charge in [-0.3, -0.25) is 0 Å². The van der Waals surface area contributed by atoms with E-state index in [1.54, 1.807) is 0 Å². The molecule has 1 saturated heterocycles. The molecule has 1 aliphatic heterocycles. The molecule has 0 radical (unpaired) electrons. The monoisotopic (exact) mass is 287 g/mol. The SMILES string of the molecule is CN1CCC(CNS(=O)(=O)c2ccc(N)cc2F)C1. The molecule has 2 rings (SSSR count). The first-order valence-corrected chi connectivity index (χ1v) is 7.60. The van der Waals surface area contributed by atoms with Crippen molar-refractivity contribution in [1.29, 1.82) is 0 Å². The lowest BCUT2D eigenvalue weighted by atomic mass is 10.1. The van der Waals surface area contributed by atoms with Crippen LogP contribution in [0.3, 0.4) is 0 Å². The number of nitrogen functional groups attached to an aromatic ring is 1. The van der Waals surface area contributed by atoms with Crippen molar-refractivity contribution in [3.63, 3.8) is 0 Å². The zero-order chi connectivity index (χ0) is 14.0. The zero-order valence-corrected chi connectivity index (χ0v) is 11.6. The van der Waals surface area contributed by atoms with Crippen LogP contribution in [-0.2, 0) is 10.0 Å². The molecule has 0 amide bonds. The molecule has 3 N–H and O–H groups in total. The molecule has 19 heavy (non-hydrogen) atoms. The van der Waals surface area contributed by atoms with Gasteiger partial charge in [0.05, 0.1) is 0 Å². The number of nitrogens with two attached hydrogens (primary N) is 1. The number of anilines is 1. The highest BCUT2D eigenvalue weighted by Gasteiger charge is 2.24. The maximum absolute atomic E-state index is 13.6. The van der Waals surface area contributed by atoms with Crippen molar-refractivity contribution >= 4 is 15.7 Å². The van der Waals surface area contributed by atoms with Gasteiger partial charge in [-0.15, -0.1) is 0 Å². The van der Waals surface area contributed by atoms with Crippen molar-refractivity contribution in [3.05, 3.63) is 24.0 Å². The third-order valence-corrected chi connectivity index (χ3v) is 4.75. The quantitative estimate of drug-likeness (QED) is 0.797. The average molecular weight is 287 g/mol. The Balaban J connectivity index is 2.06. The van der Waals surface area contributed by atoms with Gasteiger partial charge in [0.2, 0.25) is 10.0 Å². The molecule has 1 unspecified atom stereocenters. The third-order valence-electron chi connectivity index (χ3n) is 3.30. The lowest BCUT2D eigenvalue weighted by Crippen LogP contribution is -2.31. The van der Waals surface area contributed by atoms with E-state index in [0.717, 1.165) is 25.6 Å². The Kier molecular flexibility index (Phi) is 4.07. The van der Waals surface area contributed by atoms with E-state index < -0.39 is 15.8 Å². The molecule has 106 valence electrons. The van der Waals surface area contributed by atoms with E-state index in [-0.39, 0.29) is 16.5 Å². The van der Waals surface area contributed by atoms with E-state index >= 15 is 0 Å². The van der Waals surface area contributed by atoms with E-state index in [4.69, 9.17) is 5.73 Å². The molecule has 1 heterocycles. The maximum Gasteiger partial charge on any atom is 0.243 e. The summed E-state index contributed by atoms with van der Waals surface area (Å²) in [6.45, 7) is 2.14. The van der Waals surface area contributed by atoms with Crippen LogP contribution in [0.2, 0.25) is 0 Å². The Labute approximate surface area is 112 Å². The van der Waals surface area contributed by atoms with Gasteiger partial charge in [-0.2, -0.15) is 0 Å². The fourth-order valence-corrected chi connectivity index (χ4v) is 3.41. The van der Waals surface area contributed by atoms with Crippen LogP contribution in [-0.4, -0.2) is 40.0 Å². The van der Waals surface area contributed by atoms with Gasteiger partial charge in [0, 0.05) is 18.8 Å². The number of sulfonamides is 1. The summed E-state index contributed by atoms with van der Waals surface area (Å²) in [5, 5.41) is 0. The van der Waals surface area contributed by atoms with E-state index in [2.05, 4.69) is 9.62 Å². The average Bonchev–Trinajstić information content (AvgIpc) is 2.72. The molecule has 1 fully saturated rings. The van der Waals surface area contributed by atoms with Crippen molar-refractivity contribution in [1.82, 2.24) is 9.62 Å². The maximum atomic E-state index is 13.6. The number of nitrogens with zero attached hydrogens (tertiary/aromatic N) is 1. The number of likely N-dealkylation sites (tertiary alicyclic amines) is 1. The molecule has 0 bridgehead atoms. The largest absolute Gasteiger partial charge is 0.399 e. The summed E-state index contributed by atoms with van der Waals surface area (Å²) >= 11 is 0. The Morgan fingerprint density at radius 1 is 1.53 bits per heavy atom. The lowest BCUT2D eigenvalue weighted by molar-refractivity contribution is 0.394. The molecule has 0 saturated carbocycles. The van der Waals surface area contributed by atoms with E-state index in [1.807, 2.05) is 7.05 Å². The molecular weight excluding hydrogens is 269 g/mol. The molecule has 0 aliphatic carbocycles. The van der Waals surface area contributed by atoms with Gasteiger partial charge in [-0.05, 0) is 44.1 Å². The molecule has 0 aromatic heterocycles. The topological polar surface area (TPSA) is 75.4 Å². The lowest BCUT2D eigenvalue weighted by Gasteiger charge is -2.12. The van der Waals surface area contributed by atoms with Crippen LogP contribution in [0.5, 0.6) is 0 Å². The van der Waals surface area contributed by atoms with Gasteiger partial charge in [0.25, 0.3) is 0 Å². The predicted octanol–water partition coefficient (Wildman–Crippen LogP) is 0.638. The third kappa shape index (κ3) is 3.43. The molecular formula is C12H18FN3O2S. The summed E-state index contributed by atoms with van der Waals surface area (Å²) in [7, 11) is -1.82. The number of benzene rings is 1. The smallest absolute Gasteiger partial charge is 0.243 e. The van der Waals surface area contributed by atoms with E-state index in [1.165, 1.54) is 12.1 Å². The van der Waals surface area contributed by atoms with Crippen LogP contribution in [0, 0.1) is 11.7 Å². The van der Waals surface area contributed by atoms with Crippen LogP contribution in [0.15, 0.2) is 23.1 Å². The minimum atomic E-state index is -3.81. The van der Waals surface area contributed by atoms with Gasteiger partial charge in [-0.1, -0.05) is 0 Å². The Morgan fingerprint density at radius 2 is 2.26 bits per heavy atom. The zero-order valence-electron chi connectivity index (χ0n) is 10.8.